The first-order valence-corrected chi connectivity index (χ1v) is 6.38. The van der Waals surface area contributed by atoms with Crippen LogP contribution in [0.25, 0.3) is 0 Å². The fraction of sp³-hybridized carbons (Fsp3) is 0.500. The number of nitrogens with one attached hydrogen (secondary N) is 1. The Kier molecular flexibility index (Phi) is 7.46. The largest absolute Gasteiger partial charge is 0.497 e. The highest BCUT2D eigenvalue weighted by atomic mass is 16.5. The third-order valence-corrected chi connectivity index (χ3v) is 2.62. The van der Waals surface area contributed by atoms with Crippen molar-refractivity contribution in [2.75, 3.05) is 33.9 Å². The average Bonchev–Trinajstić information content (AvgIpc) is 2.49. The molecule has 20 heavy (non-hydrogen) atoms. The predicted molar refractivity (Wildman–Crippen MR) is 74.0 cm³/mol. The maximum atomic E-state index is 10.9. The molecule has 0 bridgehead atoms. The lowest BCUT2D eigenvalue weighted by Crippen LogP contribution is -2.32. The molecule has 112 valence electrons. The van der Waals surface area contributed by atoms with Crippen LogP contribution in [0.1, 0.15) is 6.42 Å². The van der Waals surface area contributed by atoms with E-state index in [0.717, 1.165) is 5.75 Å². The average molecular weight is 283 g/mol. The standard InChI is InChI=1S/C14H21NO5/c1-18-12-3-5-13(6-4-12)20-10-11(16)9-15-8-7-14(17)19-2/h3-6,11,15-16H,7-10H2,1-2H3. The highest BCUT2D eigenvalue weighted by Gasteiger charge is 2.06. The zero-order valence-electron chi connectivity index (χ0n) is 11.8. The van der Waals surface area contributed by atoms with Gasteiger partial charge in [0.2, 0.25) is 0 Å². The lowest BCUT2D eigenvalue weighted by atomic mass is 10.3. The lowest BCUT2D eigenvalue weighted by Gasteiger charge is -2.13. The molecule has 0 saturated heterocycles. The van der Waals surface area contributed by atoms with Gasteiger partial charge in [-0.15, -0.1) is 0 Å². The Balaban J connectivity index is 2.15. The summed E-state index contributed by atoms with van der Waals surface area (Å²) < 4.78 is 15.0. The molecule has 0 saturated carbocycles. The molecule has 1 atom stereocenters. The number of aliphatic hydroxyl groups is 1. The van der Waals surface area contributed by atoms with E-state index in [9.17, 15) is 9.90 Å². The smallest absolute Gasteiger partial charge is 0.306 e. The normalized spacial score (nSPS) is 11.8. The molecule has 0 radical (unpaired) electrons. The summed E-state index contributed by atoms with van der Waals surface area (Å²) in [5.41, 5.74) is 0. The Labute approximate surface area is 118 Å². The summed E-state index contributed by atoms with van der Waals surface area (Å²) in [6, 6.07) is 7.12. The maximum Gasteiger partial charge on any atom is 0.306 e. The third kappa shape index (κ3) is 6.40. The van der Waals surface area contributed by atoms with Crippen LogP contribution >= 0.6 is 0 Å². The van der Waals surface area contributed by atoms with Gasteiger partial charge in [-0.1, -0.05) is 0 Å². The van der Waals surface area contributed by atoms with Crippen molar-refractivity contribution in [3.8, 4) is 11.5 Å². The van der Waals surface area contributed by atoms with Crippen LogP contribution < -0.4 is 14.8 Å². The van der Waals surface area contributed by atoms with Crippen LogP contribution in [-0.4, -0.2) is 51.1 Å². The van der Waals surface area contributed by atoms with E-state index in [1.807, 2.05) is 0 Å². The number of carbonyl (C=O) groups is 1. The molecule has 1 aromatic rings. The van der Waals surface area contributed by atoms with Crippen LogP contribution in [0.2, 0.25) is 0 Å². The number of benzene rings is 1. The zero-order chi connectivity index (χ0) is 14.8. The number of aliphatic hydroxyl groups excluding tert-OH is 1. The number of methoxy groups -OCH3 is 2. The van der Waals surface area contributed by atoms with E-state index in [1.54, 1.807) is 31.4 Å². The molecule has 1 rings (SSSR count). The second-order valence-electron chi connectivity index (χ2n) is 4.17. The Morgan fingerprint density at radius 3 is 2.50 bits per heavy atom. The molecule has 1 unspecified atom stereocenters. The summed E-state index contributed by atoms with van der Waals surface area (Å²) in [4.78, 5) is 10.9. The van der Waals surface area contributed by atoms with Crippen molar-refractivity contribution in [3.63, 3.8) is 0 Å². The highest BCUT2D eigenvalue weighted by molar-refractivity contribution is 5.69. The van der Waals surface area contributed by atoms with Crippen molar-refractivity contribution < 1.29 is 24.1 Å². The van der Waals surface area contributed by atoms with Gasteiger partial charge in [0.1, 0.15) is 24.2 Å². The van der Waals surface area contributed by atoms with E-state index in [2.05, 4.69) is 10.1 Å². The first-order valence-electron chi connectivity index (χ1n) is 6.38. The fourth-order valence-electron chi connectivity index (χ4n) is 1.48. The van der Waals surface area contributed by atoms with E-state index in [0.29, 0.717) is 18.8 Å². The van der Waals surface area contributed by atoms with Crippen molar-refractivity contribution in [2.45, 2.75) is 12.5 Å². The molecule has 0 aliphatic rings. The van der Waals surface area contributed by atoms with Gasteiger partial charge < -0.3 is 24.6 Å². The van der Waals surface area contributed by atoms with Gasteiger partial charge in [0.15, 0.2) is 0 Å². The SMILES string of the molecule is COC(=O)CCNCC(O)COc1ccc(OC)cc1. The van der Waals surface area contributed by atoms with Gasteiger partial charge in [0.25, 0.3) is 0 Å². The summed E-state index contributed by atoms with van der Waals surface area (Å²) in [6.07, 6.45) is -0.363. The Morgan fingerprint density at radius 1 is 1.25 bits per heavy atom. The molecule has 1 aromatic carbocycles. The molecular formula is C14H21NO5. The molecule has 2 N–H and O–H groups in total. The minimum atomic E-state index is -0.644. The molecule has 6 heteroatoms. The van der Waals surface area contributed by atoms with Crippen LogP contribution in [0.3, 0.4) is 0 Å². The van der Waals surface area contributed by atoms with Crippen molar-refractivity contribution in [2.24, 2.45) is 0 Å². The van der Waals surface area contributed by atoms with Gasteiger partial charge in [-0.2, -0.15) is 0 Å². The minimum absolute atomic E-state index is 0.178. The number of rotatable bonds is 9. The van der Waals surface area contributed by atoms with Gasteiger partial charge in [0, 0.05) is 13.1 Å². The molecule has 0 fully saturated rings. The molecule has 6 nitrogen and oxygen atoms in total. The first-order chi connectivity index (χ1) is 9.65. The van der Waals surface area contributed by atoms with E-state index >= 15 is 0 Å². The van der Waals surface area contributed by atoms with E-state index < -0.39 is 6.10 Å². The second-order valence-corrected chi connectivity index (χ2v) is 4.17. The van der Waals surface area contributed by atoms with Crippen LogP contribution in [0.5, 0.6) is 11.5 Å². The fourth-order valence-corrected chi connectivity index (χ4v) is 1.48. The summed E-state index contributed by atoms with van der Waals surface area (Å²) >= 11 is 0. The van der Waals surface area contributed by atoms with Gasteiger partial charge in [0.05, 0.1) is 20.6 Å². The zero-order valence-corrected chi connectivity index (χ0v) is 11.8. The predicted octanol–water partition coefficient (Wildman–Crippen LogP) is 0.588. The summed E-state index contributed by atoms with van der Waals surface area (Å²) in [7, 11) is 2.94. The maximum absolute atomic E-state index is 10.9. The molecule has 0 aromatic heterocycles. The molecule has 0 amide bonds. The van der Waals surface area contributed by atoms with E-state index in [4.69, 9.17) is 9.47 Å². The Bertz CT molecular complexity index is 393. The molecule has 0 heterocycles. The minimum Gasteiger partial charge on any atom is -0.497 e. The summed E-state index contributed by atoms with van der Waals surface area (Å²) in [6.45, 7) is 0.997. The monoisotopic (exact) mass is 283 g/mol. The molecular weight excluding hydrogens is 262 g/mol. The topological polar surface area (TPSA) is 77.0 Å². The van der Waals surface area contributed by atoms with E-state index in [1.165, 1.54) is 7.11 Å². The highest BCUT2D eigenvalue weighted by Crippen LogP contribution is 2.16. The number of hydrogen-bond donors (Lipinski definition) is 2. The van der Waals surface area contributed by atoms with Gasteiger partial charge in [-0.3, -0.25) is 4.79 Å². The third-order valence-electron chi connectivity index (χ3n) is 2.62. The molecule has 0 spiro atoms. The first kappa shape index (κ1) is 16.3. The van der Waals surface area contributed by atoms with Crippen LogP contribution in [0.4, 0.5) is 0 Å². The van der Waals surface area contributed by atoms with Crippen molar-refractivity contribution in [3.05, 3.63) is 24.3 Å². The van der Waals surface area contributed by atoms with Crippen LogP contribution in [0.15, 0.2) is 24.3 Å². The number of esters is 1. The Hall–Kier alpha value is -1.79. The number of ether oxygens (including phenoxy) is 3. The quantitative estimate of drug-likeness (QED) is 0.510. The summed E-state index contributed by atoms with van der Waals surface area (Å²) in [5.74, 6) is 1.14. The molecule has 0 aliphatic heterocycles. The van der Waals surface area contributed by atoms with Crippen LogP contribution in [-0.2, 0) is 9.53 Å². The van der Waals surface area contributed by atoms with Gasteiger partial charge in [-0.05, 0) is 24.3 Å². The van der Waals surface area contributed by atoms with Crippen LogP contribution in [0, 0.1) is 0 Å². The molecule has 0 aliphatic carbocycles. The lowest BCUT2D eigenvalue weighted by molar-refractivity contribution is -0.140. The number of hydrogen-bond acceptors (Lipinski definition) is 6. The summed E-state index contributed by atoms with van der Waals surface area (Å²) in [5, 5.41) is 12.7. The van der Waals surface area contributed by atoms with Crippen molar-refractivity contribution >= 4 is 5.97 Å². The van der Waals surface area contributed by atoms with Crippen molar-refractivity contribution in [1.82, 2.24) is 5.32 Å². The van der Waals surface area contributed by atoms with E-state index in [-0.39, 0.29) is 19.0 Å². The van der Waals surface area contributed by atoms with Gasteiger partial charge in [-0.25, -0.2) is 0 Å². The van der Waals surface area contributed by atoms with Crippen molar-refractivity contribution in [1.29, 1.82) is 0 Å². The van der Waals surface area contributed by atoms with Gasteiger partial charge >= 0.3 is 5.97 Å². The number of carbonyl (C=O) groups excluding carboxylic acids is 1. The Morgan fingerprint density at radius 2 is 1.90 bits per heavy atom. The second kappa shape index (κ2) is 9.17.